The summed E-state index contributed by atoms with van der Waals surface area (Å²) >= 11 is 0. The van der Waals surface area contributed by atoms with Crippen LogP contribution in [0, 0.1) is 0 Å². The number of amides is 2. The van der Waals surface area contributed by atoms with Crippen LogP contribution >= 0.6 is 0 Å². The minimum absolute atomic E-state index is 0.0164. The number of phenolic OH excluding ortho intramolecular Hbond substituents is 1. The van der Waals surface area contributed by atoms with Crippen molar-refractivity contribution in [1.82, 2.24) is 16.0 Å². The molecule has 0 aromatic heterocycles. The number of carbonyl (C=O) groups excluding carboxylic acids is 3. The SMILES string of the molecule is CC(=O)c1ccc(CNC(=O)C(Cc2ccc(O)cc2)NC(=O)CNC(C)C)cc1. The molecular weight excluding hydrogens is 382 g/mol. The maximum atomic E-state index is 12.8. The number of aromatic hydroxyl groups is 1. The summed E-state index contributed by atoms with van der Waals surface area (Å²) in [7, 11) is 0. The zero-order valence-corrected chi connectivity index (χ0v) is 17.6. The van der Waals surface area contributed by atoms with Gasteiger partial charge in [0.05, 0.1) is 6.54 Å². The molecule has 0 aliphatic rings. The normalized spacial score (nSPS) is 11.7. The van der Waals surface area contributed by atoms with Crippen LogP contribution in [0.2, 0.25) is 0 Å². The number of nitrogens with one attached hydrogen (secondary N) is 3. The van der Waals surface area contributed by atoms with E-state index in [1.807, 2.05) is 13.8 Å². The monoisotopic (exact) mass is 411 g/mol. The number of benzene rings is 2. The Kier molecular flexibility index (Phi) is 8.55. The third kappa shape index (κ3) is 7.67. The summed E-state index contributed by atoms with van der Waals surface area (Å²) in [6.07, 6.45) is 0.294. The van der Waals surface area contributed by atoms with Gasteiger partial charge >= 0.3 is 0 Å². The second-order valence-corrected chi connectivity index (χ2v) is 7.50. The predicted molar refractivity (Wildman–Crippen MR) is 115 cm³/mol. The number of hydrogen-bond acceptors (Lipinski definition) is 5. The van der Waals surface area contributed by atoms with Gasteiger partial charge in [-0.25, -0.2) is 0 Å². The first-order valence-corrected chi connectivity index (χ1v) is 9.93. The zero-order chi connectivity index (χ0) is 22.1. The molecule has 0 bridgehead atoms. The Morgan fingerprint density at radius 2 is 1.53 bits per heavy atom. The highest BCUT2D eigenvalue weighted by molar-refractivity contribution is 5.94. The van der Waals surface area contributed by atoms with Crippen molar-refractivity contribution >= 4 is 17.6 Å². The van der Waals surface area contributed by atoms with Gasteiger partial charge in [0.1, 0.15) is 11.8 Å². The van der Waals surface area contributed by atoms with Gasteiger partial charge in [-0.1, -0.05) is 50.2 Å². The standard InChI is InChI=1S/C23H29N3O4/c1-15(2)24-14-22(29)26-21(12-17-6-10-20(28)11-7-17)23(30)25-13-18-4-8-19(9-5-18)16(3)27/h4-11,15,21,24,28H,12-14H2,1-3H3,(H,25,30)(H,26,29). The highest BCUT2D eigenvalue weighted by Gasteiger charge is 2.21. The molecule has 0 radical (unpaired) electrons. The average molecular weight is 412 g/mol. The van der Waals surface area contributed by atoms with Gasteiger partial charge in [0, 0.05) is 24.6 Å². The quantitative estimate of drug-likeness (QED) is 0.447. The van der Waals surface area contributed by atoms with Gasteiger partial charge in [-0.15, -0.1) is 0 Å². The molecule has 2 aromatic carbocycles. The van der Waals surface area contributed by atoms with E-state index in [2.05, 4.69) is 16.0 Å². The Morgan fingerprint density at radius 1 is 0.933 bits per heavy atom. The van der Waals surface area contributed by atoms with E-state index in [1.54, 1.807) is 48.5 Å². The molecule has 0 saturated heterocycles. The lowest BCUT2D eigenvalue weighted by atomic mass is 10.0. The predicted octanol–water partition coefficient (Wildman–Crippen LogP) is 1.94. The molecule has 1 atom stereocenters. The Bertz CT molecular complexity index is 861. The van der Waals surface area contributed by atoms with E-state index in [0.717, 1.165) is 11.1 Å². The second kappa shape index (κ2) is 11.1. The van der Waals surface area contributed by atoms with Crippen LogP contribution in [0.1, 0.15) is 42.3 Å². The molecule has 7 heteroatoms. The van der Waals surface area contributed by atoms with Gasteiger partial charge in [-0.3, -0.25) is 14.4 Å². The summed E-state index contributed by atoms with van der Waals surface area (Å²) in [6, 6.07) is 12.9. The molecule has 0 fully saturated rings. The Morgan fingerprint density at radius 3 is 2.10 bits per heavy atom. The molecule has 4 N–H and O–H groups in total. The Labute approximate surface area is 176 Å². The summed E-state index contributed by atoms with van der Waals surface area (Å²) in [5.74, 6) is -0.457. The third-order valence-corrected chi connectivity index (χ3v) is 4.53. The van der Waals surface area contributed by atoms with Crippen LogP contribution in [-0.4, -0.2) is 41.3 Å². The van der Waals surface area contributed by atoms with Gasteiger partial charge in [0.25, 0.3) is 0 Å². The first kappa shape index (κ1) is 23.1. The molecule has 0 heterocycles. The lowest BCUT2D eigenvalue weighted by molar-refractivity contribution is -0.128. The number of rotatable bonds is 10. The second-order valence-electron chi connectivity index (χ2n) is 7.50. The zero-order valence-electron chi connectivity index (χ0n) is 17.6. The van der Waals surface area contributed by atoms with Gasteiger partial charge in [-0.2, -0.15) is 0 Å². The first-order chi connectivity index (χ1) is 14.2. The molecule has 0 spiro atoms. The van der Waals surface area contributed by atoms with Crippen molar-refractivity contribution < 1.29 is 19.5 Å². The summed E-state index contributed by atoms with van der Waals surface area (Å²) in [6.45, 7) is 5.77. The van der Waals surface area contributed by atoms with Gasteiger partial charge in [-0.05, 0) is 30.2 Å². The molecule has 30 heavy (non-hydrogen) atoms. The van der Waals surface area contributed by atoms with Crippen molar-refractivity contribution in [2.45, 2.75) is 45.8 Å². The van der Waals surface area contributed by atoms with Crippen molar-refractivity contribution in [3.8, 4) is 5.75 Å². The van der Waals surface area contributed by atoms with Crippen LogP contribution in [0.15, 0.2) is 48.5 Å². The summed E-state index contributed by atoms with van der Waals surface area (Å²) in [5, 5.41) is 18.1. The van der Waals surface area contributed by atoms with E-state index < -0.39 is 6.04 Å². The maximum absolute atomic E-state index is 12.8. The first-order valence-electron chi connectivity index (χ1n) is 9.93. The van der Waals surface area contributed by atoms with Crippen LogP contribution in [-0.2, 0) is 22.6 Å². The lowest BCUT2D eigenvalue weighted by Gasteiger charge is -2.19. The minimum Gasteiger partial charge on any atom is -0.508 e. The number of carbonyl (C=O) groups is 3. The summed E-state index contributed by atoms with van der Waals surface area (Å²) in [5.41, 5.74) is 2.28. The molecule has 0 aliphatic heterocycles. The molecule has 2 amide bonds. The van der Waals surface area contributed by atoms with Crippen molar-refractivity contribution in [2.75, 3.05) is 6.54 Å². The van der Waals surface area contributed by atoms with Crippen LogP contribution in [0.25, 0.3) is 0 Å². The highest BCUT2D eigenvalue weighted by Crippen LogP contribution is 2.12. The lowest BCUT2D eigenvalue weighted by Crippen LogP contribution is -2.50. The van der Waals surface area contributed by atoms with E-state index in [4.69, 9.17) is 0 Å². The van der Waals surface area contributed by atoms with E-state index in [1.165, 1.54) is 6.92 Å². The minimum atomic E-state index is -0.757. The fraction of sp³-hybridized carbons (Fsp3) is 0.348. The number of phenols is 1. The van der Waals surface area contributed by atoms with Crippen LogP contribution < -0.4 is 16.0 Å². The number of Topliss-reactive ketones (excluding diaryl/α,β-unsaturated/α-hetero) is 1. The fourth-order valence-corrected chi connectivity index (χ4v) is 2.79. The van der Waals surface area contributed by atoms with Crippen molar-refractivity contribution in [3.63, 3.8) is 0 Å². The molecule has 2 aromatic rings. The Hall–Kier alpha value is -3.19. The van der Waals surface area contributed by atoms with E-state index >= 15 is 0 Å². The van der Waals surface area contributed by atoms with Crippen molar-refractivity contribution in [1.29, 1.82) is 0 Å². The van der Waals surface area contributed by atoms with Gasteiger partial charge < -0.3 is 21.1 Å². The molecule has 0 saturated carbocycles. The molecule has 2 rings (SSSR count). The van der Waals surface area contributed by atoms with Crippen molar-refractivity contribution in [2.24, 2.45) is 0 Å². The largest absolute Gasteiger partial charge is 0.508 e. The number of hydrogen-bond donors (Lipinski definition) is 4. The fourth-order valence-electron chi connectivity index (χ4n) is 2.79. The Balaban J connectivity index is 2.03. The van der Waals surface area contributed by atoms with Gasteiger partial charge in [0.2, 0.25) is 11.8 Å². The highest BCUT2D eigenvalue weighted by atomic mass is 16.3. The third-order valence-electron chi connectivity index (χ3n) is 4.53. The molecule has 0 aliphatic carbocycles. The molecular formula is C23H29N3O4. The average Bonchev–Trinajstić information content (AvgIpc) is 2.71. The maximum Gasteiger partial charge on any atom is 0.243 e. The van der Waals surface area contributed by atoms with E-state index in [0.29, 0.717) is 12.0 Å². The number of ketones is 1. The molecule has 7 nitrogen and oxygen atoms in total. The van der Waals surface area contributed by atoms with Crippen molar-refractivity contribution in [3.05, 3.63) is 65.2 Å². The molecule has 1 unspecified atom stereocenters. The van der Waals surface area contributed by atoms with Crippen LogP contribution in [0.4, 0.5) is 0 Å². The summed E-state index contributed by atoms with van der Waals surface area (Å²) in [4.78, 5) is 36.4. The summed E-state index contributed by atoms with van der Waals surface area (Å²) < 4.78 is 0. The van der Waals surface area contributed by atoms with E-state index in [-0.39, 0.29) is 42.5 Å². The smallest absolute Gasteiger partial charge is 0.243 e. The topological polar surface area (TPSA) is 108 Å². The van der Waals surface area contributed by atoms with Crippen LogP contribution in [0.5, 0.6) is 5.75 Å². The molecule has 160 valence electrons. The van der Waals surface area contributed by atoms with E-state index in [9.17, 15) is 19.5 Å². The van der Waals surface area contributed by atoms with Gasteiger partial charge in [0.15, 0.2) is 5.78 Å². The van der Waals surface area contributed by atoms with Crippen LogP contribution in [0.3, 0.4) is 0 Å².